The summed E-state index contributed by atoms with van der Waals surface area (Å²) in [4.78, 5) is 0. The van der Waals surface area contributed by atoms with Crippen molar-refractivity contribution < 1.29 is 0 Å². The Balaban J connectivity index is 3.03. The van der Waals surface area contributed by atoms with Gasteiger partial charge in [0.25, 0.3) is 0 Å². The molecule has 0 spiro atoms. The normalized spacial score (nSPS) is 10.8. The lowest BCUT2D eigenvalue weighted by Gasteiger charge is -2.12. The number of hydrogen-bond donors (Lipinski definition) is 0. The Morgan fingerprint density at radius 2 is 2.15 bits per heavy atom. The van der Waals surface area contributed by atoms with Crippen LogP contribution in [0.2, 0.25) is 5.02 Å². The summed E-state index contributed by atoms with van der Waals surface area (Å²) in [6.45, 7) is 8.32. The molecule has 1 aromatic carbocycles. The molecule has 0 aliphatic heterocycles. The van der Waals surface area contributed by atoms with Gasteiger partial charge in [0.15, 0.2) is 0 Å². The van der Waals surface area contributed by atoms with Crippen molar-refractivity contribution in [3.63, 3.8) is 0 Å². The second kappa shape index (κ2) is 4.66. The van der Waals surface area contributed by atoms with Crippen LogP contribution in [0.25, 0.3) is 0 Å². The molecule has 71 valence electrons. The number of rotatable bonds is 3. The van der Waals surface area contributed by atoms with E-state index < -0.39 is 0 Å². The second-order valence-corrected chi connectivity index (χ2v) is 3.93. The third-order valence-electron chi connectivity index (χ3n) is 2.16. The highest BCUT2D eigenvalue weighted by Crippen LogP contribution is 2.24. The van der Waals surface area contributed by atoms with Gasteiger partial charge in [0, 0.05) is 5.02 Å². The largest absolute Gasteiger partial charge is 0.0843 e. The van der Waals surface area contributed by atoms with Crippen LogP contribution < -0.4 is 0 Å². The molecule has 1 heteroatoms. The highest BCUT2D eigenvalue weighted by molar-refractivity contribution is 6.30. The first-order chi connectivity index (χ1) is 6.15. The van der Waals surface area contributed by atoms with Gasteiger partial charge in [-0.3, -0.25) is 0 Å². The Morgan fingerprint density at radius 1 is 1.46 bits per heavy atom. The van der Waals surface area contributed by atoms with Gasteiger partial charge in [-0.2, -0.15) is 0 Å². The van der Waals surface area contributed by atoms with Crippen LogP contribution >= 0.6 is 11.6 Å². The lowest BCUT2D eigenvalue weighted by molar-refractivity contribution is 0.868. The van der Waals surface area contributed by atoms with Crippen LogP contribution in [-0.2, 0) is 6.42 Å². The highest BCUT2D eigenvalue weighted by atomic mass is 35.5. The Kier molecular flexibility index (Phi) is 3.80. The number of benzene rings is 1. The van der Waals surface area contributed by atoms with Gasteiger partial charge in [-0.15, -0.1) is 0 Å². The van der Waals surface area contributed by atoms with Crippen LogP contribution in [0.3, 0.4) is 0 Å². The summed E-state index contributed by atoms with van der Waals surface area (Å²) in [5.41, 5.74) is 2.67. The van der Waals surface area contributed by atoms with Crippen molar-refractivity contribution in [3.05, 3.63) is 41.3 Å². The van der Waals surface area contributed by atoms with Gasteiger partial charge in [0.05, 0.1) is 0 Å². The third kappa shape index (κ3) is 2.73. The fourth-order valence-corrected chi connectivity index (χ4v) is 1.70. The van der Waals surface area contributed by atoms with E-state index in [9.17, 15) is 0 Å². The van der Waals surface area contributed by atoms with E-state index >= 15 is 0 Å². The summed E-state index contributed by atoms with van der Waals surface area (Å²) in [6.07, 6.45) is 2.29. The molecule has 0 nitrogen and oxygen atoms in total. The van der Waals surface area contributed by atoms with Crippen molar-refractivity contribution in [3.8, 4) is 0 Å². The van der Waals surface area contributed by atoms with Crippen molar-refractivity contribution >= 4 is 11.6 Å². The first-order valence-corrected chi connectivity index (χ1v) is 5.14. The second-order valence-electron chi connectivity index (χ2n) is 3.49. The van der Waals surface area contributed by atoms with E-state index in [-0.39, 0.29) is 0 Å². The molecule has 0 aliphatic rings. The zero-order valence-electron chi connectivity index (χ0n) is 8.31. The van der Waals surface area contributed by atoms with E-state index in [2.05, 4.69) is 26.8 Å². The first kappa shape index (κ1) is 10.6. The fourth-order valence-electron chi connectivity index (χ4n) is 1.52. The van der Waals surface area contributed by atoms with Gasteiger partial charge in [-0.25, -0.2) is 0 Å². The number of halogens is 1. The molecule has 0 aliphatic carbocycles. The maximum atomic E-state index is 5.93. The predicted octanol–water partition coefficient (Wildman–Crippen LogP) is 4.23. The van der Waals surface area contributed by atoms with Crippen LogP contribution in [0.1, 0.15) is 37.3 Å². The molecule has 1 rings (SSSR count). The molecule has 0 heterocycles. The van der Waals surface area contributed by atoms with Gasteiger partial charge in [0.1, 0.15) is 0 Å². The topological polar surface area (TPSA) is 0 Å². The molecule has 0 saturated carbocycles. The van der Waals surface area contributed by atoms with Crippen molar-refractivity contribution in [1.82, 2.24) is 0 Å². The van der Waals surface area contributed by atoms with Crippen LogP contribution in [0.4, 0.5) is 0 Å². The van der Waals surface area contributed by atoms with Gasteiger partial charge >= 0.3 is 0 Å². The van der Waals surface area contributed by atoms with E-state index in [0.29, 0.717) is 5.92 Å². The molecule has 1 unspecified atom stereocenters. The molecule has 0 amide bonds. The molecule has 13 heavy (non-hydrogen) atoms. The molecule has 0 saturated heterocycles. The lowest BCUT2D eigenvalue weighted by Crippen LogP contribution is -1.96. The highest BCUT2D eigenvalue weighted by Gasteiger charge is 2.06. The quantitative estimate of drug-likeness (QED) is 0.677. The Morgan fingerprint density at radius 3 is 2.69 bits per heavy atom. The average molecular weight is 196 g/mol. The standard InChI is InChI=1S/C12H16Cl/c1-4-5-10-6-7-11(13)8-12(10)9(2)3/h6-9H,2,4-5H2,1,3H3. The smallest absolute Gasteiger partial charge is 0.0409 e. The van der Waals surface area contributed by atoms with Crippen molar-refractivity contribution in [1.29, 1.82) is 0 Å². The van der Waals surface area contributed by atoms with Gasteiger partial charge < -0.3 is 0 Å². The maximum absolute atomic E-state index is 5.93. The van der Waals surface area contributed by atoms with Crippen molar-refractivity contribution in [2.75, 3.05) is 0 Å². The number of aryl methyl sites for hydroxylation is 1. The monoisotopic (exact) mass is 195 g/mol. The van der Waals surface area contributed by atoms with Gasteiger partial charge in [-0.1, -0.05) is 37.9 Å². The zero-order chi connectivity index (χ0) is 9.84. The summed E-state index contributed by atoms with van der Waals surface area (Å²) >= 11 is 5.93. The molecule has 0 fully saturated rings. The van der Waals surface area contributed by atoms with E-state index in [1.165, 1.54) is 17.5 Å². The summed E-state index contributed by atoms with van der Waals surface area (Å²) in [7, 11) is 0. The Hall–Kier alpha value is -0.490. The van der Waals surface area contributed by atoms with E-state index in [1.54, 1.807) is 0 Å². The minimum atomic E-state index is 0.320. The van der Waals surface area contributed by atoms with Crippen LogP contribution in [-0.4, -0.2) is 0 Å². The maximum Gasteiger partial charge on any atom is 0.0409 e. The molecule has 0 bridgehead atoms. The van der Waals surface area contributed by atoms with E-state index in [1.807, 2.05) is 12.1 Å². The summed E-state index contributed by atoms with van der Waals surface area (Å²) in [5, 5.41) is 0.811. The minimum Gasteiger partial charge on any atom is -0.0843 e. The lowest BCUT2D eigenvalue weighted by atomic mass is 9.95. The molecule has 1 atom stereocenters. The Bertz CT molecular complexity index is 276. The van der Waals surface area contributed by atoms with Gasteiger partial charge in [-0.05, 0) is 42.5 Å². The summed E-state index contributed by atoms with van der Waals surface area (Å²) in [5.74, 6) is 0.320. The zero-order valence-corrected chi connectivity index (χ0v) is 9.06. The molecule has 1 radical (unpaired) electrons. The SMILES string of the molecule is [CH2]C(C)c1cc(Cl)ccc1CCC. The van der Waals surface area contributed by atoms with E-state index in [0.717, 1.165) is 11.4 Å². The third-order valence-corrected chi connectivity index (χ3v) is 2.39. The van der Waals surface area contributed by atoms with E-state index in [4.69, 9.17) is 11.6 Å². The Labute approximate surface area is 85.9 Å². The van der Waals surface area contributed by atoms with Crippen molar-refractivity contribution in [2.24, 2.45) is 0 Å². The minimum absolute atomic E-state index is 0.320. The summed E-state index contributed by atoms with van der Waals surface area (Å²) in [6, 6.07) is 6.10. The van der Waals surface area contributed by atoms with Crippen LogP contribution in [0.15, 0.2) is 18.2 Å². The van der Waals surface area contributed by atoms with Crippen LogP contribution in [0.5, 0.6) is 0 Å². The fraction of sp³-hybridized carbons (Fsp3) is 0.417. The molecular formula is C12H16Cl. The number of hydrogen-bond acceptors (Lipinski definition) is 0. The molecule has 0 N–H and O–H groups in total. The molecule has 1 aromatic rings. The van der Waals surface area contributed by atoms with Gasteiger partial charge in [0.2, 0.25) is 0 Å². The molecule has 0 aromatic heterocycles. The molecular weight excluding hydrogens is 180 g/mol. The van der Waals surface area contributed by atoms with Crippen LogP contribution in [0, 0.1) is 6.92 Å². The van der Waals surface area contributed by atoms with Crippen molar-refractivity contribution in [2.45, 2.75) is 32.6 Å². The first-order valence-electron chi connectivity index (χ1n) is 4.76. The predicted molar refractivity (Wildman–Crippen MR) is 59.2 cm³/mol. The average Bonchev–Trinajstić information content (AvgIpc) is 2.08. The summed E-state index contributed by atoms with van der Waals surface area (Å²) < 4.78 is 0.